The zero-order chi connectivity index (χ0) is 42.1. The number of aromatic nitrogens is 5. The summed E-state index contributed by atoms with van der Waals surface area (Å²) in [6.45, 7) is 0. The molecular formula is C59H37N5. The maximum Gasteiger partial charge on any atom is 0.164 e. The summed E-state index contributed by atoms with van der Waals surface area (Å²) >= 11 is 0. The molecule has 0 saturated carbocycles. The molecule has 13 rings (SSSR count). The molecule has 10 aromatic carbocycles. The monoisotopic (exact) mass is 815 g/mol. The second-order valence-electron chi connectivity index (χ2n) is 16.4. The Morgan fingerprint density at radius 2 is 0.781 bits per heavy atom. The van der Waals surface area contributed by atoms with Crippen molar-refractivity contribution in [2.75, 3.05) is 0 Å². The van der Waals surface area contributed by atoms with Crippen molar-refractivity contribution in [2.45, 2.75) is 0 Å². The molecule has 0 N–H and O–H groups in total. The lowest BCUT2D eigenvalue weighted by molar-refractivity contribution is 1.08. The normalized spacial score (nSPS) is 11.8. The molecular weight excluding hydrogens is 779 g/mol. The van der Waals surface area contributed by atoms with E-state index in [2.05, 4.69) is 228 Å². The first-order chi connectivity index (χ1) is 31.8. The van der Waals surface area contributed by atoms with Gasteiger partial charge in [0.25, 0.3) is 0 Å². The third-order valence-electron chi connectivity index (χ3n) is 12.8. The second-order valence-corrected chi connectivity index (χ2v) is 16.4. The van der Waals surface area contributed by atoms with Gasteiger partial charge in [0.05, 0.1) is 27.8 Å². The van der Waals surface area contributed by atoms with E-state index in [1.54, 1.807) is 0 Å². The molecule has 298 valence electrons. The van der Waals surface area contributed by atoms with Gasteiger partial charge in [-0.25, -0.2) is 15.0 Å². The SMILES string of the molecule is c1ccc(-c2ccccc2-c2nc(-c3ccc(-n4c5ccccc5c5c(-n6c7ccccc7c7ccccc76)c6ccccc6cc54)cc3)nc(-c3cccc4ccccc34)n2)cc1. The zero-order valence-corrected chi connectivity index (χ0v) is 34.6. The standard InChI is InChI=1S/C59H37N5/c1-2-17-38(18-3-1)43-23-8-9-27-48(43)58-60-57(61-59(62-58)49-29-16-21-39-19-4-6-22-44(39)49)40-33-35-42(36-34-40)63-53-32-15-12-28-50(53)55-54(63)37-41-20-5-7-24-45(41)56(55)64-51-30-13-10-25-46(51)47-26-11-14-31-52(47)64/h1-37H. The molecule has 3 heterocycles. The smallest absolute Gasteiger partial charge is 0.164 e. The molecule has 5 nitrogen and oxygen atoms in total. The number of rotatable bonds is 6. The minimum atomic E-state index is 0.615. The summed E-state index contributed by atoms with van der Waals surface area (Å²) in [6.07, 6.45) is 0. The molecule has 0 aliphatic rings. The first-order valence-corrected chi connectivity index (χ1v) is 21.7. The van der Waals surface area contributed by atoms with Crippen molar-refractivity contribution >= 4 is 65.2 Å². The fourth-order valence-corrected chi connectivity index (χ4v) is 9.91. The largest absolute Gasteiger partial charge is 0.309 e. The van der Waals surface area contributed by atoms with Gasteiger partial charge < -0.3 is 9.13 Å². The molecule has 0 atom stereocenters. The van der Waals surface area contributed by atoms with Crippen LogP contribution in [0.2, 0.25) is 0 Å². The van der Waals surface area contributed by atoms with Gasteiger partial charge in [0, 0.05) is 49.3 Å². The number of hydrogen-bond acceptors (Lipinski definition) is 3. The molecule has 0 saturated heterocycles. The number of nitrogens with zero attached hydrogens (tertiary/aromatic N) is 5. The van der Waals surface area contributed by atoms with Crippen molar-refractivity contribution in [3.63, 3.8) is 0 Å². The van der Waals surface area contributed by atoms with Crippen LogP contribution in [0.15, 0.2) is 224 Å². The Labute approximate surface area is 368 Å². The van der Waals surface area contributed by atoms with Crippen LogP contribution in [-0.2, 0) is 0 Å². The average molecular weight is 816 g/mol. The number of hydrogen-bond donors (Lipinski definition) is 0. The maximum absolute atomic E-state index is 5.25. The lowest BCUT2D eigenvalue weighted by Gasteiger charge is -2.15. The molecule has 0 unspecified atom stereocenters. The van der Waals surface area contributed by atoms with Crippen molar-refractivity contribution < 1.29 is 0 Å². The maximum atomic E-state index is 5.25. The molecule has 3 aromatic heterocycles. The zero-order valence-electron chi connectivity index (χ0n) is 34.6. The Morgan fingerprint density at radius 3 is 1.50 bits per heavy atom. The van der Waals surface area contributed by atoms with E-state index in [-0.39, 0.29) is 0 Å². The van der Waals surface area contributed by atoms with Gasteiger partial charge in [0.15, 0.2) is 17.5 Å². The van der Waals surface area contributed by atoms with E-state index in [1.165, 1.54) is 49.0 Å². The third kappa shape index (κ3) is 5.61. The fourth-order valence-electron chi connectivity index (χ4n) is 9.91. The van der Waals surface area contributed by atoms with Crippen LogP contribution in [0.4, 0.5) is 0 Å². The summed E-state index contributed by atoms with van der Waals surface area (Å²) in [5.74, 6) is 1.88. The first-order valence-electron chi connectivity index (χ1n) is 21.7. The van der Waals surface area contributed by atoms with Crippen LogP contribution in [0.5, 0.6) is 0 Å². The van der Waals surface area contributed by atoms with Crippen molar-refractivity contribution in [1.82, 2.24) is 24.1 Å². The van der Waals surface area contributed by atoms with Gasteiger partial charge >= 0.3 is 0 Å². The van der Waals surface area contributed by atoms with Crippen LogP contribution in [0, 0.1) is 0 Å². The average Bonchev–Trinajstić information content (AvgIpc) is 3.88. The van der Waals surface area contributed by atoms with E-state index < -0.39 is 0 Å². The molecule has 0 aliphatic heterocycles. The van der Waals surface area contributed by atoms with Gasteiger partial charge in [-0.1, -0.05) is 176 Å². The highest BCUT2D eigenvalue weighted by atomic mass is 15.0. The van der Waals surface area contributed by atoms with Crippen LogP contribution < -0.4 is 0 Å². The lowest BCUT2D eigenvalue weighted by atomic mass is 9.99. The summed E-state index contributed by atoms with van der Waals surface area (Å²) in [6, 6.07) is 79.8. The molecule has 0 aliphatic carbocycles. The van der Waals surface area contributed by atoms with Gasteiger partial charge in [-0.3, -0.25) is 0 Å². The quantitative estimate of drug-likeness (QED) is 0.168. The Hall–Kier alpha value is -8.67. The van der Waals surface area contributed by atoms with E-state index in [0.717, 1.165) is 55.3 Å². The summed E-state index contributed by atoms with van der Waals surface area (Å²) < 4.78 is 4.89. The third-order valence-corrected chi connectivity index (χ3v) is 12.8. The Balaban J connectivity index is 1.03. The van der Waals surface area contributed by atoms with Gasteiger partial charge in [-0.05, 0) is 75.8 Å². The number of benzene rings is 10. The minimum absolute atomic E-state index is 0.615. The van der Waals surface area contributed by atoms with E-state index in [0.29, 0.717) is 17.5 Å². The summed E-state index contributed by atoms with van der Waals surface area (Å²) in [7, 11) is 0. The fraction of sp³-hybridized carbons (Fsp3) is 0. The summed E-state index contributed by atoms with van der Waals surface area (Å²) in [5.41, 5.74) is 11.9. The predicted molar refractivity (Wildman–Crippen MR) is 265 cm³/mol. The van der Waals surface area contributed by atoms with Crippen LogP contribution >= 0.6 is 0 Å². The van der Waals surface area contributed by atoms with Crippen molar-refractivity contribution in [3.05, 3.63) is 224 Å². The Kier molecular flexibility index (Phi) is 8.15. The van der Waals surface area contributed by atoms with Gasteiger partial charge in [-0.2, -0.15) is 0 Å². The highest BCUT2D eigenvalue weighted by Gasteiger charge is 2.23. The molecule has 64 heavy (non-hydrogen) atoms. The van der Waals surface area contributed by atoms with E-state index in [4.69, 9.17) is 15.0 Å². The highest BCUT2D eigenvalue weighted by molar-refractivity contribution is 6.22. The molecule has 0 radical (unpaired) electrons. The van der Waals surface area contributed by atoms with Crippen molar-refractivity contribution in [1.29, 1.82) is 0 Å². The van der Waals surface area contributed by atoms with Crippen LogP contribution in [-0.4, -0.2) is 24.1 Å². The van der Waals surface area contributed by atoms with Gasteiger partial charge in [0.2, 0.25) is 0 Å². The molecule has 0 amide bonds. The van der Waals surface area contributed by atoms with Crippen LogP contribution in [0.1, 0.15) is 0 Å². The van der Waals surface area contributed by atoms with Crippen LogP contribution in [0.25, 0.3) is 122 Å². The molecule has 5 heteroatoms. The summed E-state index contributed by atoms with van der Waals surface area (Å²) in [5, 5.41) is 9.52. The number of para-hydroxylation sites is 3. The second kappa shape index (κ2) is 14.5. The van der Waals surface area contributed by atoms with E-state index in [9.17, 15) is 0 Å². The molecule has 0 bridgehead atoms. The predicted octanol–water partition coefficient (Wildman–Crippen LogP) is 15.0. The van der Waals surface area contributed by atoms with Gasteiger partial charge in [-0.15, -0.1) is 0 Å². The van der Waals surface area contributed by atoms with E-state index in [1.807, 2.05) is 6.07 Å². The van der Waals surface area contributed by atoms with E-state index >= 15 is 0 Å². The number of fused-ring (bicyclic) bond motifs is 8. The Morgan fingerprint density at radius 1 is 0.281 bits per heavy atom. The lowest BCUT2D eigenvalue weighted by Crippen LogP contribution is -2.02. The van der Waals surface area contributed by atoms with Gasteiger partial charge in [0.1, 0.15) is 0 Å². The van der Waals surface area contributed by atoms with Crippen LogP contribution in [0.3, 0.4) is 0 Å². The molecule has 0 fully saturated rings. The summed E-state index contributed by atoms with van der Waals surface area (Å²) in [4.78, 5) is 15.7. The highest BCUT2D eigenvalue weighted by Crippen LogP contribution is 2.44. The topological polar surface area (TPSA) is 48.5 Å². The van der Waals surface area contributed by atoms with Crippen molar-refractivity contribution in [2.24, 2.45) is 0 Å². The molecule has 0 spiro atoms. The first kappa shape index (κ1) is 36.0. The Bertz CT molecular complexity index is 3900. The molecule has 13 aromatic rings. The minimum Gasteiger partial charge on any atom is -0.309 e. The van der Waals surface area contributed by atoms with Crippen molar-refractivity contribution in [3.8, 4) is 56.7 Å².